The molecule has 1 aliphatic heterocycles. The number of amides is 1. The zero-order valence-corrected chi connectivity index (χ0v) is 18.7. The van der Waals surface area contributed by atoms with Gasteiger partial charge < -0.3 is 14.6 Å². The topological polar surface area (TPSA) is 88.6 Å². The molecule has 0 aliphatic carbocycles. The number of aryl methyl sites for hydroxylation is 2. The van der Waals surface area contributed by atoms with E-state index in [-0.39, 0.29) is 35.8 Å². The Morgan fingerprint density at radius 2 is 2.00 bits per heavy atom. The van der Waals surface area contributed by atoms with Gasteiger partial charge in [-0.3, -0.25) is 9.20 Å². The standard InChI is InChI=1S/C23H20F4N6O2/c1-12-20(35-13(2)29-12)21(34)30-14-5-6-17(24)16(8-14)18-11-32-10-15(9-28-22(32)31-18)33-7-3-4-19(33)23(25,26)27/h5-6,8-11,19H,3-4,7H2,1-2H3,(H,30,34)/t19-/m1/s1. The van der Waals surface area contributed by atoms with Crippen LogP contribution >= 0.6 is 0 Å². The molecule has 4 heterocycles. The Hall–Kier alpha value is -3.96. The highest BCUT2D eigenvalue weighted by Crippen LogP contribution is 2.36. The Morgan fingerprint density at radius 3 is 2.71 bits per heavy atom. The third-order valence-corrected chi connectivity index (χ3v) is 5.87. The maximum absolute atomic E-state index is 14.7. The summed E-state index contributed by atoms with van der Waals surface area (Å²) in [7, 11) is 0. The van der Waals surface area contributed by atoms with Gasteiger partial charge in [-0.2, -0.15) is 13.2 Å². The molecule has 1 fully saturated rings. The van der Waals surface area contributed by atoms with E-state index in [1.165, 1.54) is 46.1 Å². The molecule has 4 aromatic rings. The number of oxazole rings is 1. The second kappa shape index (κ2) is 8.36. The van der Waals surface area contributed by atoms with E-state index in [0.29, 0.717) is 29.4 Å². The van der Waals surface area contributed by atoms with Crippen molar-refractivity contribution in [2.24, 2.45) is 0 Å². The molecule has 182 valence electrons. The van der Waals surface area contributed by atoms with Crippen LogP contribution in [0.15, 0.2) is 41.2 Å². The van der Waals surface area contributed by atoms with Gasteiger partial charge in [0.25, 0.3) is 5.91 Å². The molecule has 1 N–H and O–H groups in total. The molecule has 12 heteroatoms. The molecule has 8 nitrogen and oxygen atoms in total. The first-order chi connectivity index (χ1) is 16.6. The fourth-order valence-corrected chi connectivity index (χ4v) is 4.30. The third-order valence-electron chi connectivity index (χ3n) is 5.87. The lowest BCUT2D eigenvalue weighted by molar-refractivity contribution is -0.146. The first-order valence-electron chi connectivity index (χ1n) is 10.8. The first-order valence-corrected chi connectivity index (χ1v) is 10.8. The average Bonchev–Trinajstić information content (AvgIpc) is 3.51. The number of imidazole rings is 1. The Morgan fingerprint density at radius 1 is 1.20 bits per heavy atom. The maximum atomic E-state index is 14.7. The molecule has 1 aliphatic rings. The van der Waals surface area contributed by atoms with Crippen LogP contribution in [0.4, 0.5) is 28.9 Å². The van der Waals surface area contributed by atoms with Gasteiger partial charge in [-0.15, -0.1) is 0 Å². The molecule has 35 heavy (non-hydrogen) atoms. The molecule has 0 saturated carbocycles. The SMILES string of the molecule is Cc1nc(C)c(C(=O)Nc2ccc(F)c(-c3cn4cc(N5CCC[C@@H]5C(F)(F)F)cnc4n3)c2)o1. The van der Waals surface area contributed by atoms with Gasteiger partial charge in [0, 0.05) is 37.1 Å². The van der Waals surface area contributed by atoms with Crippen LogP contribution in [0.5, 0.6) is 0 Å². The number of hydrogen-bond acceptors (Lipinski definition) is 6. The maximum Gasteiger partial charge on any atom is 0.408 e. The molecule has 1 saturated heterocycles. The van der Waals surface area contributed by atoms with Gasteiger partial charge >= 0.3 is 6.18 Å². The summed E-state index contributed by atoms with van der Waals surface area (Å²) in [5.41, 5.74) is 1.34. The molecule has 0 spiro atoms. The van der Waals surface area contributed by atoms with Crippen molar-refractivity contribution >= 4 is 23.1 Å². The summed E-state index contributed by atoms with van der Waals surface area (Å²) < 4.78 is 61.6. The number of nitrogens with one attached hydrogen (secondary N) is 1. The van der Waals surface area contributed by atoms with Crippen LogP contribution in [0, 0.1) is 19.7 Å². The number of carbonyl (C=O) groups excluding carboxylic acids is 1. The van der Waals surface area contributed by atoms with Gasteiger partial charge in [0.15, 0.2) is 5.89 Å². The lowest BCUT2D eigenvalue weighted by Gasteiger charge is -2.28. The highest BCUT2D eigenvalue weighted by molar-refractivity contribution is 6.03. The molecule has 0 unspecified atom stereocenters. The van der Waals surface area contributed by atoms with Gasteiger partial charge in [-0.1, -0.05) is 0 Å². The van der Waals surface area contributed by atoms with Crippen molar-refractivity contribution in [3.05, 3.63) is 60.0 Å². The number of carbonyl (C=O) groups is 1. The van der Waals surface area contributed by atoms with Crippen LogP contribution in [-0.4, -0.2) is 44.0 Å². The summed E-state index contributed by atoms with van der Waals surface area (Å²) in [6, 6.07) is 2.42. The average molecular weight is 488 g/mol. The van der Waals surface area contributed by atoms with Crippen molar-refractivity contribution in [1.82, 2.24) is 19.4 Å². The largest absolute Gasteiger partial charge is 0.436 e. The molecular formula is C23H20F4N6O2. The Kier molecular flexibility index (Phi) is 5.45. The number of fused-ring (bicyclic) bond motifs is 1. The Labute approximate surface area is 196 Å². The predicted molar refractivity (Wildman–Crippen MR) is 119 cm³/mol. The van der Waals surface area contributed by atoms with Crippen molar-refractivity contribution < 1.29 is 26.8 Å². The zero-order valence-electron chi connectivity index (χ0n) is 18.7. The predicted octanol–water partition coefficient (Wildman–Crippen LogP) is 4.92. The molecule has 1 amide bonds. The van der Waals surface area contributed by atoms with Gasteiger partial charge in [-0.25, -0.2) is 19.3 Å². The zero-order chi connectivity index (χ0) is 24.9. The van der Waals surface area contributed by atoms with Gasteiger partial charge in [0.05, 0.1) is 23.3 Å². The fourth-order valence-electron chi connectivity index (χ4n) is 4.30. The monoisotopic (exact) mass is 488 g/mol. The van der Waals surface area contributed by atoms with Crippen molar-refractivity contribution in [2.45, 2.75) is 38.9 Å². The number of hydrogen-bond donors (Lipinski definition) is 1. The third kappa shape index (κ3) is 4.31. The Bertz CT molecular complexity index is 1430. The molecular weight excluding hydrogens is 468 g/mol. The summed E-state index contributed by atoms with van der Waals surface area (Å²) in [4.78, 5) is 26.3. The number of benzene rings is 1. The number of anilines is 2. The number of nitrogens with zero attached hydrogens (tertiary/aromatic N) is 5. The summed E-state index contributed by atoms with van der Waals surface area (Å²) in [5, 5.41) is 2.65. The van der Waals surface area contributed by atoms with E-state index < -0.39 is 23.9 Å². The van der Waals surface area contributed by atoms with Gasteiger partial charge in [0.2, 0.25) is 11.5 Å². The van der Waals surface area contributed by atoms with E-state index in [4.69, 9.17) is 4.42 Å². The van der Waals surface area contributed by atoms with Crippen LogP contribution in [-0.2, 0) is 0 Å². The van der Waals surface area contributed by atoms with Crippen molar-refractivity contribution in [3.63, 3.8) is 0 Å². The second-order valence-corrected chi connectivity index (χ2v) is 8.33. The fraction of sp³-hybridized carbons (Fsp3) is 0.304. The van der Waals surface area contributed by atoms with Crippen molar-refractivity contribution in [2.75, 3.05) is 16.8 Å². The summed E-state index contributed by atoms with van der Waals surface area (Å²) in [5.74, 6) is -0.522. The molecule has 0 radical (unpaired) electrons. The normalized spacial score (nSPS) is 16.3. The lowest BCUT2D eigenvalue weighted by atomic mass is 10.1. The summed E-state index contributed by atoms with van der Waals surface area (Å²) >= 11 is 0. The molecule has 0 bridgehead atoms. The first kappa shape index (κ1) is 22.8. The number of halogens is 4. The lowest BCUT2D eigenvalue weighted by Crippen LogP contribution is -2.41. The molecule has 1 aromatic carbocycles. The molecule has 3 aromatic heterocycles. The van der Waals surface area contributed by atoms with Crippen LogP contribution in [0.25, 0.3) is 17.0 Å². The quantitative estimate of drug-likeness (QED) is 0.410. The number of aromatic nitrogens is 4. The van der Waals surface area contributed by atoms with Gasteiger partial charge in [0.1, 0.15) is 11.9 Å². The summed E-state index contributed by atoms with van der Waals surface area (Å²) in [6.45, 7) is 3.52. The van der Waals surface area contributed by atoms with E-state index in [1.807, 2.05) is 0 Å². The minimum absolute atomic E-state index is 0.0214. The van der Waals surface area contributed by atoms with Crippen LogP contribution in [0.3, 0.4) is 0 Å². The number of alkyl halides is 3. The minimum atomic E-state index is -4.34. The van der Waals surface area contributed by atoms with Gasteiger partial charge in [-0.05, 0) is 38.0 Å². The Balaban J connectivity index is 1.44. The van der Waals surface area contributed by atoms with Crippen molar-refractivity contribution in [1.29, 1.82) is 0 Å². The van der Waals surface area contributed by atoms with Crippen LogP contribution < -0.4 is 10.2 Å². The van der Waals surface area contributed by atoms with E-state index in [0.717, 1.165) is 0 Å². The number of rotatable bonds is 4. The smallest absolute Gasteiger partial charge is 0.408 e. The van der Waals surface area contributed by atoms with Crippen LogP contribution in [0.1, 0.15) is 35.0 Å². The van der Waals surface area contributed by atoms with Crippen LogP contribution in [0.2, 0.25) is 0 Å². The highest BCUT2D eigenvalue weighted by atomic mass is 19.4. The summed E-state index contributed by atoms with van der Waals surface area (Å²) in [6.07, 6.45) is 0.426. The highest BCUT2D eigenvalue weighted by Gasteiger charge is 2.46. The van der Waals surface area contributed by atoms with E-state index in [2.05, 4.69) is 20.3 Å². The molecule has 5 rings (SSSR count). The molecule has 1 atom stereocenters. The second-order valence-electron chi connectivity index (χ2n) is 8.33. The van der Waals surface area contributed by atoms with E-state index >= 15 is 0 Å². The minimum Gasteiger partial charge on any atom is -0.436 e. The van der Waals surface area contributed by atoms with Crippen molar-refractivity contribution in [3.8, 4) is 11.3 Å². The van der Waals surface area contributed by atoms with E-state index in [1.54, 1.807) is 13.8 Å². The van der Waals surface area contributed by atoms with E-state index in [9.17, 15) is 22.4 Å².